The summed E-state index contributed by atoms with van der Waals surface area (Å²) in [5.74, 6) is -0.610. The van der Waals surface area contributed by atoms with Crippen molar-refractivity contribution in [2.45, 2.75) is 36.6 Å². The Kier molecular flexibility index (Phi) is 5.60. The Balaban J connectivity index is 2.28. The highest BCUT2D eigenvalue weighted by Gasteiger charge is 2.33. The minimum Gasteiger partial charge on any atom is -0.320 e. The molecule has 0 amide bonds. The summed E-state index contributed by atoms with van der Waals surface area (Å²) in [5.41, 5.74) is 0. The van der Waals surface area contributed by atoms with Crippen molar-refractivity contribution in [3.05, 3.63) is 29.0 Å². The number of halogens is 2. The first kappa shape index (κ1) is 16.7. The van der Waals surface area contributed by atoms with Crippen LogP contribution in [-0.2, 0) is 10.0 Å². The Morgan fingerprint density at radius 1 is 1.43 bits per heavy atom. The highest BCUT2D eigenvalue weighted by molar-refractivity contribution is 7.89. The molecule has 1 fully saturated rings. The zero-order valence-electron chi connectivity index (χ0n) is 12.0. The SMILES string of the molecule is CNCCC1CCCCN1S(=O)(=O)c1ccc(F)c(Cl)c1. The molecule has 1 aliphatic rings. The topological polar surface area (TPSA) is 49.4 Å². The maximum Gasteiger partial charge on any atom is 0.243 e. The predicted octanol–water partition coefficient (Wildman–Crippen LogP) is 2.63. The van der Waals surface area contributed by atoms with E-state index in [4.69, 9.17) is 11.6 Å². The van der Waals surface area contributed by atoms with Crippen LogP contribution in [0.5, 0.6) is 0 Å². The zero-order chi connectivity index (χ0) is 15.5. The molecule has 1 heterocycles. The molecule has 0 radical (unpaired) electrons. The standard InChI is InChI=1S/C14H20ClFN2O2S/c1-17-8-7-11-4-2-3-9-18(11)21(19,20)12-5-6-14(16)13(15)10-12/h5-6,10-11,17H,2-4,7-9H2,1H3. The van der Waals surface area contributed by atoms with Gasteiger partial charge >= 0.3 is 0 Å². The molecule has 1 saturated heterocycles. The molecule has 1 atom stereocenters. The molecule has 21 heavy (non-hydrogen) atoms. The monoisotopic (exact) mass is 334 g/mol. The number of sulfonamides is 1. The molecule has 1 aromatic carbocycles. The van der Waals surface area contributed by atoms with Gasteiger partial charge < -0.3 is 5.32 Å². The molecular weight excluding hydrogens is 315 g/mol. The smallest absolute Gasteiger partial charge is 0.243 e. The van der Waals surface area contributed by atoms with Crippen molar-refractivity contribution < 1.29 is 12.8 Å². The Hall–Kier alpha value is -0.690. The van der Waals surface area contributed by atoms with Crippen LogP contribution in [0.4, 0.5) is 4.39 Å². The largest absolute Gasteiger partial charge is 0.320 e. The highest BCUT2D eigenvalue weighted by atomic mass is 35.5. The van der Waals surface area contributed by atoms with E-state index >= 15 is 0 Å². The lowest BCUT2D eigenvalue weighted by atomic mass is 10.0. The zero-order valence-corrected chi connectivity index (χ0v) is 13.6. The van der Waals surface area contributed by atoms with Gasteiger partial charge in [0.1, 0.15) is 5.82 Å². The third kappa shape index (κ3) is 3.74. The van der Waals surface area contributed by atoms with Crippen LogP contribution in [0.15, 0.2) is 23.1 Å². The van der Waals surface area contributed by atoms with Crippen LogP contribution in [0.3, 0.4) is 0 Å². The maximum absolute atomic E-state index is 13.2. The summed E-state index contributed by atoms with van der Waals surface area (Å²) in [5, 5.41) is 2.88. The van der Waals surface area contributed by atoms with Crippen LogP contribution in [-0.4, -0.2) is 38.9 Å². The summed E-state index contributed by atoms with van der Waals surface area (Å²) in [7, 11) is -1.78. The molecule has 1 N–H and O–H groups in total. The van der Waals surface area contributed by atoms with Gasteiger partial charge in [0.05, 0.1) is 9.92 Å². The predicted molar refractivity (Wildman–Crippen MR) is 81.5 cm³/mol. The van der Waals surface area contributed by atoms with Crippen molar-refractivity contribution in [2.75, 3.05) is 20.1 Å². The van der Waals surface area contributed by atoms with E-state index in [0.717, 1.165) is 38.3 Å². The average Bonchev–Trinajstić information content (AvgIpc) is 2.48. The maximum atomic E-state index is 13.2. The number of nitrogens with zero attached hydrogens (tertiary/aromatic N) is 1. The van der Waals surface area contributed by atoms with Crippen LogP contribution in [0.1, 0.15) is 25.7 Å². The lowest BCUT2D eigenvalue weighted by Crippen LogP contribution is -2.44. The van der Waals surface area contributed by atoms with Crippen molar-refractivity contribution in [1.82, 2.24) is 9.62 Å². The van der Waals surface area contributed by atoms with Crippen LogP contribution in [0, 0.1) is 5.82 Å². The minimum absolute atomic E-state index is 0.0139. The first-order valence-electron chi connectivity index (χ1n) is 7.08. The summed E-state index contributed by atoms with van der Waals surface area (Å²) >= 11 is 5.71. The van der Waals surface area contributed by atoms with Gasteiger partial charge in [-0.25, -0.2) is 12.8 Å². The second-order valence-electron chi connectivity index (χ2n) is 5.23. The lowest BCUT2D eigenvalue weighted by molar-refractivity contribution is 0.240. The number of nitrogens with one attached hydrogen (secondary N) is 1. The molecule has 2 rings (SSSR count). The molecule has 0 spiro atoms. The summed E-state index contributed by atoms with van der Waals surface area (Å²) in [6, 6.07) is 3.55. The van der Waals surface area contributed by atoms with Gasteiger partial charge in [-0.15, -0.1) is 0 Å². The van der Waals surface area contributed by atoms with Gasteiger partial charge in [-0.2, -0.15) is 4.31 Å². The fraction of sp³-hybridized carbons (Fsp3) is 0.571. The molecule has 4 nitrogen and oxygen atoms in total. The first-order valence-corrected chi connectivity index (χ1v) is 8.90. The highest BCUT2D eigenvalue weighted by Crippen LogP contribution is 2.28. The number of hydrogen-bond donors (Lipinski definition) is 1. The van der Waals surface area contributed by atoms with Crippen LogP contribution >= 0.6 is 11.6 Å². The molecule has 0 saturated carbocycles. The van der Waals surface area contributed by atoms with E-state index in [1.807, 2.05) is 7.05 Å². The first-order chi connectivity index (χ1) is 9.96. The second kappa shape index (κ2) is 7.05. The Labute approximate surface area is 130 Å². The number of benzene rings is 1. The van der Waals surface area contributed by atoms with Gasteiger partial charge in [0.2, 0.25) is 10.0 Å². The van der Waals surface area contributed by atoms with Crippen LogP contribution in [0.25, 0.3) is 0 Å². The van der Waals surface area contributed by atoms with Crippen molar-refractivity contribution in [3.8, 4) is 0 Å². The minimum atomic E-state index is -3.63. The summed E-state index contributed by atoms with van der Waals surface area (Å²) in [6.07, 6.45) is 3.51. The van der Waals surface area contributed by atoms with Gasteiger partial charge in [0, 0.05) is 12.6 Å². The van der Waals surface area contributed by atoms with E-state index in [-0.39, 0.29) is 16.0 Å². The summed E-state index contributed by atoms with van der Waals surface area (Å²) < 4.78 is 40.3. The van der Waals surface area contributed by atoms with Crippen LogP contribution in [0.2, 0.25) is 5.02 Å². The van der Waals surface area contributed by atoms with Crippen molar-refractivity contribution in [1.29, 1.82) is 0 Å². The molecule has 0 aromatic heterocycles. The van der Waals surface area contributed by atoms with Gasteiger partial charge in [-0.1, -0.05) is 18.0 Å². The molecule has 7 heteroatoms. The van der Waals surface area contributed by atoms with Gasteiger partial charge in [-0.05, 0) is 51.1 Å². The molecule has 0 aliphatic carbocycles. The normalized spacial score (nSPS) is 20.6. The Morgan fingerprint density at radius 2 is 2.19 bits per heavy atom. The average molecular weight is 335 g/mol. The van der Waals surface area contributed by atoms with Crippen molar-refractivity contribution in [3.63, 3.8) is 0 Å². The van der Waals surface area contributed by atoms with Crippen LogP contribution < -0.4 is 5.32 Å². The molecule has 1 unspecified atom stereocenters. The fourth-order valence-corrected chi connectivity index (χ4v) is 4.66. The molecule has 118 valence electrons. The van der Waals surface area contributed by atoms with Gasteiger partial charge in [-0.3, -0.25) is 0 Å². The summed E-state index contributed by atoms with van der Waals surface area (Å²) in [4.78, 5) is 0.0604. The fourth-order valence-electron chi connectivity index (χ4n) is 2.66. The number of hydrogen-bond acceptors (Lipinski definition) is 3. The third-order valence-corrected chi connectivity index (χ3v) is 6.04. The molecular formula is C14H20ClFN2O2S. The Morgan fingerprint density at radius 3 is 2.86 bits per heavy atom. The third-order valence-electron chi connectivity index (χ3n) is 3.80. The van der Waals surface area contributed by atoms with E-state index in [0.29, 0.717) is 6.54 Å². The van der Waals surface area contributed by atoms with Crippen molar-refractivity contribution >= 4 is 21.6 Å². The van der Waals surface area contributed by atoms with E-state index in [1.54, 1.807) is 0 Å². The Bertz CT molecular complexity index is 595. The van der Waals surface area contributed by atoms with E-state index in [2.05, 4.69) is 5.32 Å². The summed E-state index contributed by atoms with van der Waals surface area (Å²) in [6.45, 7) is 1.27. The lowest BCUT2D eigenvalue weighted by Gasteiger charge is -2.34. The van der Waals surface area contributed by atoms with E-state index in [1.165, 1.54) is 16.4 Å². The quantitative estimate of drug-likeness (QED) is 0.900. The van der Waals surface area contributed by atoms with Gasteiger partial charge in [0.25, 0.3) is 0 Å². The van der Waals surface area contributed by atoms with Gasteiger partial charge in [0.15, 0.2) is 0 Å². The number of rotatable bonds is 5. The molecule has 1 aromatic rings. The second-order valence-corrected chi connectivity index (χ2v) is 7.53. The molecule has 0 bridgehead atoms. The van der Waals surface area contributed by atoms with E-state index in [9.17, 15) is 12.8 Å². The van der Waals surface area contributed by atoms with E-state index < -0.39 is 15.8 Å². The number of piperidine rings is 1. The molecule has 1 aliphatic heterocycles. The van der Waals surface area contributed by atoms with Crippen molar-refractivity contribution in [2.24, 2.45) is 0 Å².